The van der Waals surface area contributed by atoms with Crippen LogP contribution in [-0.2, 0) is 24.3 Å². The molecule has 0 N–H and O–H groups in total. The summed E-state index contributed by atoms with van der Waals surface area (Å²) in [5.41, 5.74) is 3.82. The summed E-state index contributed by atoms with van der Waals surface area (Å²) in [6.07, 6.45) is 8.86. The van der Waals surface area contributed by atoms with Crippen LogP contribution in [0.25, 0.3) is 0 Å². The number of hydrogen-bond donors (Lipinski definition) is 0. The predicted molar refractivity (Wildman–Crippen MR) is 125 cm³/mol. The van der Waals surface area contributed by atoms with Crippen LogP contribution in [-0.4, -0.2) is 51.7 Å². The lowest BCUT2D eigenvalue weighted by Crippen LogP contribution is -2.42. The first-order chi connectivity index (χ1) is 15.1. The average Bonchev–Trinajstić information content (AvgIpc) is 3.05. The van der Waals surface area contributed by atoms with Crippen LogP contribution in [0.15, 0.2) is 36.5 Å². The molecule has 0 spiro atoms. The average molecular weight is 423 g/mol. The predicted octanol–water partition coefficient (Wildman–Crippen LogP) is 4.29. The molecule has 0 aliphatic carbocycles. The number of benzene rings is 1. The van der Waals surface area contributed by atoms with Crippen LogP contribution in [0.4, 0.5) is 0 Å². The van der Waals surface area contributed by atoms with Gasteiger partial charge in [-0.05, 0) is 70.5 Å². The zero-order valence-electron chi connectivity index (χ0n) is 19.3. The first kappa shape index (κ1) is 22.1. The van der Waals surface area contributed by atoms with E-state index >= 15 is 0 Å². The van der Waals surface area contributed by atoms with Crippen molar-refractivity contribution in [3.8, 4) is 0 Å². The fraction of sp³-hybridized carbons (Fsp3) is 0.615. The molecule has 3 heterocycles. The molecule has 4 rings (SSSR count). The molecule has 5 heteroatoms. The van der Waals surface area contributed by atoms with Gasteiger partial charge in [-0.1, -0.05) is 36.8 Å². The van der Waals surface area contributed by atoms with Crippen LogP contribution in [0.2, 0.25) is 0 Å². The third kappa shape index (κ3) is 5.57. The number of aryl methyl sites for hydroxylation is 2. The topological polar surface area (TPSA) is 41.4 Å². The Labute approximate surface area is 187 Å². The molecule has 2 aliphatic rings. The highest BCUT2D eigenvalue weighted by Gasteiger charge is 2.35. The fourth-order valence-corrected chi connectivity index (χ4v) is 5.33. The zero-order chi connectivity index (χ0) is 21.6. The molecule has 0 unspecified atom stereocenters. The molecule has 1 amide bonds. The minimum atomic E-state index is 0.227. The smallest absolute Gasteiger partial charge is 0.225 e. The molecule has 5 nitrogen and oxygen atoms in total. The second kappa shape index (κ2) is 10.4. The van der Waals surface area contributed by atoms with Crippen LogP contribution in [0.3, 0.4) is 0 Å². The van der Waals surface area contributed by atoms with Crippen molar-refractivity contribution in [3.63, 3.8) is 0 Å². The van der Waals surface area contributed by atoms with Gasteiger partial charge in [-0.3, -0.25) is 14.4 Å². The lowest BCUT2D eigenvalue weighted by Gasteiger charge is -2.36. The normalized spacial score (nSPS) is 21.4. The van der Waals surface area contributed by atoms with Gasteiger partial charge >= 0.3 is 0 Å². The number of amides is 1. The van der Waals surface area contributed by atoms with E-state index in [1.807, 2.05) is 4.68 Å². The fourth-order valence-electron chi connectivity index (χ4n) is 5.33. The summed E-state index contributed by atoms with van der Waals surface area (Å²) in [6.45, 7) is 10.1. The van der Waals surface area contributed by atoms with Gasteiger partial charge in [0, 0.05) is 43.9 Å². The minimum Gasteiger partial charge on any atom is -0.342 e. The molecule has 2 aromatic rings. The molecule has 0 bridgehead atoms. The summed E-state index contributed by atoms with van der Waals surface area (Å²) in [5.74, 6) is 1.19. The van der Waals surface area contributed by atoms with Gasteiger partial charge < -0.3 is 4.90 Å². The lowest BCUT2D eigenvalue weighted by atomic mass is 9.81. The van der Waals surface area contributed by atoms with Gasteiger partial charge in [0.25, 0.3) is 0 Å². The molecular formula is C26H38N4O. The maximum absolute atomic E-state index is 13.4. The quantitative estimate of drug-likeness (QED) is 0.668. The number of likely N-dealkylation sites (tertiary alicyclic amines) is 2. The molecule has 168 valence electrons. The van der Waals surface area contributed by atoms with Gasteiger partial charge in [-0.15, -0.1) is 0 Å². The second-order valence-corrected chi connectivity index (χ2v) is 9.37. The highest BCUT2D eigenvalue weighted by molar-refractivity contribution is 5.79. The summed E-state index contributed by atoms with van der Waals surface area (Å²) in [7, 11) is 0. The highest BCUT2D eigenvalue weighted by atomic mass is 16.2. The van der Waals surface area contributed by atoms with Gasteiger partial charge in [-0.2, -0.15) is 5.10 Å². The van der Waals surface area contributed by atoms with Gasteiger partial charge in [-0.25, -0.2) is 0 Å². The Balaban J connectivity index is 1.31. The molecule has 0 saturated carbocycles. The Morgan fingerprint density at radius 1 is 1.03 bits per heavy atom. The molecule has 31 heavy (non-hydrogen) atoms. The Kier molecular flexibility index (Phi) is 7.44. The number of hydrogen-bond acceptors (Lipinski definition) is 3. The molecular weight excluding hydrogens is 384 g/mol. The van der Waals surface area contributed by atoms with Crippen molar-refractivity contribution in [2.24, 2.45) is 11.8 Å². The van der Waals surface area contributed by atoms with E-state index in [-0.39, 0.29) is 5.92 Å². The van der Waals surface area contributed by atoms with Crippen molar-refractivity contribution in [1.29, 1.82) is 0 Å². The SMILES string of the molecule is CCn1cc(CN2CCC([C@@H]3CCCCN(CCc4ccccc4)C3=O)CC2)c(C)n1. The lowest BCUT2D eigenvalue weighted by molar-refractivity contribution is -0.137. The van der Waals surface area contributed by atoms with Crippen LogP contribution >= 0.6 is 0 Å². The number of carbonyl (C=O) groups excluding carboxylic acids is 1. The molecule has 2 saturated heterocycles. The summed E-state index contributed by atoms with van der Waals surface area (Å²) in [5, 5.41) is 4.59. The Morgan fingerprint density at radius 3 is 2.52 bits per heavy atom. The molecule has 1 atom stereocenters. The van der Waals surface area contributed by atoms with Crippen molar-refractivity contribution in [2.45, 2.75) is 65.5 Å². The summed E-state index contributed by atoms with van der Waals surface area (Å²) < 4.78 is 2.03. The van der Waals surface area contributed by atoms with E-state index in [9.17, 15) is 4.79 Å². The molecule has 2 fully saturated rings. The zero-order valence-corrected chi connectivity index (χ0v) is 19.3. The van der Waals surface area contributed by atoms with Gasteiger partial charge in [0.05, 0.1) is 5.69 Å². The van der Waals surface area contributed by atoms with Gasteiger partial charge in [0.1, 0.15) is 0 Å². The van der Waals surface area contributed by atoms with E-state index in [1.54, 1.807) is 0 Å². The second-order valence-electron chi connectivity index (χ2n) is 9.37. The van der Waals surface area contributed by atoms with Crippen molar-refractivity contribution in [1.82, 2.24) is 19.6 Å². The van der Waals surface area contributed by atoms with Crippen molar-refractivity contribution in [2.75, 3.05) is 26.2 Å². The number of piperidine rings is 1. The number of aromatic nitrogens is 2. The standard InChI is InChI=1S/C26H38N4O/c1-3-30-20-24(21(2)27-30)19-28-16-13-23(14-17-28)25-11-7-8-15-29(26(25)31)18-12-22-9-5-4-6-10-22/h4-6,9-10,20,23,25H,3,7-8,11-19H2,1-2H3/t25-/m0/s1. The van der Waals surface area contributed by atoms with E-state index in [2.05, 4.69) is 65.3 Å². The van der Waals surface area contributed by atoms with E-state index in [1.165, 1.54) is 17.5 Å². The summed E-state index contributed by atoms with van der Waals surface area (Å²) in [6, 6.07) is 10.6. The Hall–Kier alpha value is -2.14. The summed E-state index contributed by atoms with van der Waals surface area (Å²) in [4.78, 5) is 18.1. The van der Waals surface area contributed by atoms with Crippen LogP contribution < -0.4 is 0 Å². The molecule has 1 aromatic heterocycles. The number of carbonyl (C=O) groups is 1. The van der Waals surface area contributed by atoms with Crippen LogP contribution in [0.5, 0.6) is 0 Å². The maximum atomic E-state index is 13.4. The van der Waals surface area contributed by atoms with E-state index in [4.69, 9.17) is 0 Å². The maximum Gasteiger partial charge on any atom is 0.225 e. The summed E-state index contributed by atoms with van der Waals surface area (Å²) >= 11 is 0. The van der Waals surface area contributed by atoms with Gasteiger partial charge in [0.15, 0.2) is 0 Å². The van der Waals surface area contributed by atoms with Crippen LogP contribution in [0.1, 0.15) is 55.8 Å². The third-order valence-electron chi connectivity index (χ3n) is 7.30. The van der Waals surface area contributed by atoms with E-state index in [0.717, 1.165) is 77.1 Å². The first-order valence-corrected chi connectivity index (χ1v) is 12.2. The molecule has 0 radical (unpaired) electrons. The number of rotatable bonds is 7. The minimum absolute atomic E-state index is 0.227. The van der Waals surface area contributed by atoms with Gasteiger partial charge in [0.2, 0.25) is 5.91 Å². The Morgan fingerprint density at radius 2 is 1.81 bits per heavy atom. The number of nitrogens with zero attached hydrogens (tertiary/aromatic N) is 4. The third-order valence-corrected chi connectivity index (χ3v) is 7.30. The Bertz CT molecular complexity index is 838. The van der Waals surface area contributed by atoms with Crippen molar-refractivity contribution in [3.05, 3.63) is 53.3 Å². The first-order valence-electron chi connectivity index (χ1n) is 12.2. The van der Waals surface area contributed by atoms with Crippen molar-refractivity contribution < 1.29 is 4.79 Å². The van der Waals surface area contributed by atoms with E-state index in [0.29, 0.717) is 11.8 Å². The largest absolute Gasteiger partial charge is 0.342 e. The molecule has 1 aromatic carbocycles. The van der Waals surface area contributed by atoms with Crippen molar-refractivity contribution >= 4 is 5.91 Å². The molecule has 2 aliphatic heterocycles. The highest BCUT2D eigenvalue weighted by Crippen LogP contribution is 2.32. The monoisotopic (exact) mass is 422 g/mol. The van der Waals surface area contributed by atoms with Crippen LogP contribution in [0, 0.1) is 18.8 Å². The van der Waals surface area contributed by atoms with E-state index < -0.39 is 0 Å².